The molecule has 0 heterocycles. The van der Waals surface area contributed by atoms with Crippen LogP contribution in [-0.4, -0.2) is 13.0 Å². The fraction of sp³-hybridized carbons (Fsp3) is 0.300. The van der Waals surface area contributed by atoms with Crippen LogP contribution < -0.4 is 5.32 Å². The Kier molecular flexibility index (Phi) is 3.17. The second kappa shape index (κ2) is 4.17. The van der Waals surface area contributed by atoms with Gasteiger partial charge in [0.05, 0.1) is 5.92 Å². The van der Waals surface area contributed by atoms with Gasteiger partial charge in [-0.1, -0.05) is 6.07 Å². The van der Waals surface area contributed by atoms with Crippen LogP contribution in [0.25, 0.3) is 0 Å². The molecule has 0 fully saturated rings. The van der Waals surface area contributed by atoms with Crippen molar-refractivity contribution in [1.82, 2.24) is 5.32 Å². The van der Waals surface area contributed by atoms with E-state index in [2.05, 4.69) is 5.32 Å². The SMILES string of the molecule is CNC(=O)C(C)c1ccc(F)cc1F. The van der Waals surface area contributed by atoms with E-state index in [4.69, 9.17) is 0 Å². The van der Waals surface area contributed by atoms with Gasteiger partial charge in [-0.25, -0.2) is 8.78 Å². The molecule has 0 aromatic heterocycles. The standard InChI is InChI=1S/C10H11F2NO/c1-6(10(14)13-2)8-4-3-7(11)5-9(8)12/h3-6H,1-2H3,(H,13,14). The number of hydrogen-bond acceptors (Lipinski definition) is 1. The van der Waals surface area contributed by atoms with Crippen LogP contribution in [0.5, 0.6) is 0 Å². The highest BCUT2D eigenvalue weighted by atomic mass is 19.1. The van der Waals surface area contributed by atoms with Gasteiger partial charge in [0.2, 0.25) is 5.91 Å². The molecule has 1 rings (SSSR count). The number of nitrogens with one attached hydrogen (secondary N) is 1. The highest BCUT2D eigenvalue weighted by Crippen LogP contribution is 2.19. The lowest BCUT2D eigenvalue weighted by Crippen LogP contribution is -2.24. The molecule has 0 saturated heterocycles. The molecule has 1 N–H and O–H groups in total. The fourth-order valence-electron chi connectivity index (χ4n) is 1.21. The van der Waals surface area contributed by atoms with Gasteiger partial charge < -0.3 is 5.32 Å². The Hall–Kier alpha value is -1.45. The molecule has 1 aromatic carbocycles. The van der Waals surface area contributed by atoms with Crippen LogP contribution in [0.1, 0.15) is 18.4 Å². The summed E-state index contributed by atoms with van der Waals surface area (Å²) in [6.45, 7) is 1.56. The lowest BCUT2D eigenvalue weighted by Gasteiger charge is -2.10. The first-order chi connectivity index (χ1) is 6.56. The van der Waals surface area contributed by atoms with Crippen molar-refractivity contribution < 1.29 is 13.6 Å². The van der Waals surface area contributed by atoms with Gasteiger partial charge in [0.15, 0.2) is 0 Å². The van der Waals surface area contributed by atoms with E-state index < -0.39 is 17.6 Å². The molecule has 1 aromatic rings. The number of amides is 1. The normalized spacial score (nSPS) is 12.3. The third-order valence-corrected chi connectivity index (χ3v) is 2.07. The topological polar surface area (TPSA) is 29.1 Å². The average Bonchev–Trinajstić information content (AvgIpc) is 2.15. The van der Waals surface area contributed by atoms with Gasteiger partial charge in [-0.3, -0.25) is 4.79 Å². The molecule has 0 aliphatic carbocycles. The molecular formula is C10H11F2NO. The van der Waals surface area contributed by atoms with E-state index in [9.17, 15) is 13.6 Å². The first kappa shape index (κ1) is 10.6. The summed E-state index contributed by atoms with van der Waals surface area (Å²) in [5.41, 5.74) is 0.200. The van der Waals surface area contributed by atoms with E-state index in [1.165, 1.54) is 13.1 Å². The zero-order chi connectivity index (χ0) is 10.7. The highest BCUT2D eigenvalue weighted by molar-refractivity contribution is 5.82. The number of rotatable bonds is 2. The maximum Gasteiger partial charge on any atom is 0.227 e. The zero-order valence-electron chi connectivity index (χ0n) is 7.97. The molecule has 1 atom stereocenters. The van der Waals surface area contributed by atoms with Crippen LogP contribution >= 0.6 is 0 Å². The molecular weight excluding hydrogens is 188 g/mol. The first-order valence-electron chi connectivity index (χ1n) is 4.22. The quantitative estimate of drug-likeness (QED) is 0.773. The number of carbonyl (C=O) groups excluding carboxylic acids is 1. The Morgan fingerprint density at radius 3 is 2.57 bits per heavy atom. The summed E-state index contributed by atoms with van der Waals surface area (Å²) in [6, 6.07) is 3.19. The van der Waals surface area contributed by atoms with Gasteiger partial charge in [-0.2, -0.15) is 0 Å². The summed E-state index contributed by atoms with van der Waals surface area (Å²) < 4.78 is 25.7. The van der Waals surface area contributed by atoms with Crippen molar-refractivity contribution >= 4 is 5.91 Å². The lowest BCUT2D eigenvalue weighted by molar-refractivity contribution is -0.121. The van der Waals surface area contributed by atoms with E-state index >= 15 is 0 Å². The van der Waals surface area contributed by atoms with Crippen LogP contribution in [-0.2, 0) is 4.79 Å². The Morgan fingerprint density at radius 1 is 1.43 bits per heavy atom. The van der Waals surface area contributed by atoms with Crippen molar-refractivity contribution in [2.45, 2.75) is 12.8 Å². The van der Waals surface area contributed by atoms with Gasteiger partial charge in [0, 0.05) is 18.7 Å². The second-order valence-electron chi connectivity index (χ2n) is 3.00. The number of hydrogen-bond donors (Lipinski definition) is 1. The highest BCUT2D eigenvalue weighted by Gasteiger charge is 2.17. The molecule has 0 aliphatic heterocycles. The molecule has 0 spiro atoms. The minimum atomic E-state index is -0.693. The van der Waals surface area contributed by atoms with Crippen molar-refractivity contribution in [2.24, 2.45) is 0 Å². The number of halogens is 2. The minimum Gasteiger partial charge on any atom is -0.359 e. The molecule has 76 valence electrons. The van der Waals surface area contributed by atoms with E-state index in [1.54, 1.807) is 6.92 Å². The molecule has 0 radical (unpaired) electrons. The van der Waals surface area contributed by atoms with Gasteiger partial charge in [0.1, 0.15) is 11.6 Å². The predicted octanol–water partition coefficient (Wildman–Crippen LogP) is 1.81. The molecule has 1 amide bonds. The molecule has 0 bridgehead atoms. The van der Waals surface area contributed by atoms with Crippen molar-refractivity contribution in [3.8, 4) is 0 Å². The van der Waals surface area contributed by atoms with Gasteiger partial charge in [0.25, 0.3) is 0 Å². The molecule has 2 nitrogen and oxygen atoms in total. The number of benzene rings is 1. The number of likely N-dealkylation sites (N-methyl/N-ethyl adjacent to an activating group) is 1. The lowest BCUT2D eigenvalue weighted by atomic mass is 10.00. The Labute approximate surface area is 80.9 Å². The maximum atomic E-state index is 13.2. The van der Waals surface area contributed by atoms with E-state index in [0.29, 0.717) is 0 Å². The van der Waals surface area contributed by atoms with E-state index in [0.717, 1.165) is 12.1 Å². The van der Waals surface area contributed by atoms with Gasteiger partial charge in [-0.05, 0) is 13.0 Å². The smallest absolute Gasteiger partial charge is 0.227 e. The zero-order valence-corrected chi connectivity index (χ0v) is 7.97. The van der Waals surface area contributed by atoms with Crippen molar-refractivity contribution in [3.63, 3.8) is 0 Å². The average molecular weight is 199 g/mol. The molecule has 14 heavy (non-hydrogen) atoms. The molecule has 4 heteroatoms. The molecule has 1 unspecified atom stereocenters. The van der Waals surface area contributed by atoms with Gasteiger partial charge in [-0.15, -0.1) is 0 Å². The summed E-state index contributed by atoms with van der Waals surface area (Å²) in [4.78, 5) is 11.2. The Balaban J connectivity index is 3.01. The van der Waals surface area contributed by atoms with Crippen molar-refractivity contribution in [3.05, 3.63) is 35.4 Å². The Morgan fingerprint density at radius 2 is 2.07 bits per heavy atom. The summed E-state index contributed by atoms with van der Waals surface area (Å²) in [7, 11) is 1.47. The van der Waals surface area contributed by atoms with Crippen LogP contribution in [0.3, 0.4) is 0 Å². The second-order valence-corrected chi connectivity index (χ2v) is 3.00. The van der Waals surface area contributed by atoms with Crippen LogP contribution in [0.2, 0.25) is 0 Å². The minimum absolute atomic E-state index is 0.200. The maximum absolute atomic E-state index is 13.2. The van der Waals surface area contributed by atoms with Crippen molar-refractivity contribution in [1.29, 1.82) is 0 Å². The summed E-state index contributed by atoms with van der Waals surface area (Å²) in [5, 5.41) is 2.41. The third-order valence-electron chi connectivity index (χ3n) is 2.07. The Bertz CT molecular complexity index is 352. The van der Waals surface area contributed by atoms with Crippen LogP contribution in [0.4, 0.5) is 8.78 Å². The van der Waals surface area contributed by atoms with Crippen LogP contribution in [0, 0.1) is 11.6 Å². The van der Waals surface area contributed by atoms with Crippen molar-refractivity contribution in [2.75, 3.05) is 7.05 Å². The monoisotopic (exact) mass is 199 g/mol. The van der Waals surface area contributed by atoms with E-state index in [1.807, 2.05) is 0 Å². The molecule has 0 aliphatic rings. The van der Waals surface area contributed by atoms with Gasteiger partial charge >= 0.3 is 0 Å². The largest absolute Gasteiger partial charge is 0.359 e. The summed E-state index contributed by atoms with van der Waals surface area (Å²) >= 11 is 0. The summed E-state index contributed by atoms with van der Waals surface area (Å²) in [5.74, 6) is -2.24. The third kappa shape index (κ3) is 2.07. The molecule has 0 saturated carbocycles. The van der Waals surface area contributed by atoms with E-state index in [-0.39, 0.29) is 11.5 Å². The fourth-order valence-corrected chi connectivity index (χ4v) is 1.21. The predicted molar refractivity (Wildman–Crippen MR) is 48.8 cm³/mol. The van der Waals surface area contributed by atoms with Crippen LogP contribution in [0.15, 0.2) is 18.2 Å². The summed E-state index contributed by atoms with van der Waals surface area (Å²) in [6.07, 6.45) is 0. The first-order valence-corrected chi connectivity index (χ1v) is 4.22. The number of carbonyl (C=O) groups is 1.